The number of nitrogens with zero attached hydrogens (tertiary/aromatic N) is 1. The molecule has 2 aromatic carbocycles. The van der Waals surface area contributed by atoms with Crippen molar-refractivity contribution in [3.8, 4) is 5.75 Å². The molecular weight excluding hydrogens is 438 g/mol. The van der Waals surface area contributed by atoms with Gasteiger partial charge in [-0.2, -0.15) is 0 Å². The molecule has 0 saturated carbocycles. The lowest BCUT2D eigenvalue weighted by Gasteiger charge is -2.29. The number of anilines is 1. The Morgan fingerprint density at radius 3 is 2.23 bits per heavy atom. The van der Waals surface area contributed by atoms with E-state index in [2.05, 4.69) is 62.9 Å². The highest BCUT2D eigenvalue weighted by molar-refractivity contribution is 5.86. The minimum Gasteiger partial charge on any atom is -0.493 e. The maximum atomic E-state index is 12.0. The van der Waals surface area contributed by atoms with Crippen LogP contribution in [-0.4, -0.2) is 26.3 Å². The van der Waals surface area contributed by atoms with E-state index in [-0.39, 0.29) is 11.2 Å². The predicted octanol–water partition coefficient (Wildman–Crippen LogP) is 7.31. The van der Waals surface area contributed by atoms with Gasteiger partial charge in [0.25, 0.3) is 0 Å². The number of hydrogen-bond donors (Lipinski definition) is 0. The number of ether oxygens (including phenoxy) is 2. The average Bonchev–Trinajstić information content (AvgIpc) is 2.88. The molecule has 5 nitrogen and oxygen atoms in total. The molecule has 5 heteroatoms. The number of fused-ring (bicyclic) bond motifs is 1. The van der Waals surface area contributed by atoms with Gasteiger partial charge >= 0.3 is 5.63 Å². The Kier molecular flexibility index (Phi) is 10.2. The van der Waals surface area contributed by atoms with Gasteiger partial charge in [-0.3, -0.25) is 0 Å². The van der Waals surface area contributed by atoms with Gasteiger partial charge in [0.15, 0.2) is 0 Å². The maximum Gasteiger partial charge on any atom is 0.339 e. The van der Waals surface area contributed by atoms with Crippen LogP contribution in [0.2, 0.25) is 0 Å². The smallest absolute Gasteiger partial charge is 0.339 e. The molecule has 0 aliphatic heterocycles. The summed E-state index contributed by atoms with van der Waals surface area (Å²) in [7, 11) is 0. The van der Waals surface area contributed by atoms with Crippen molar-refractivity contribution in [2.24, 2.45) is 0 Å². The lowest BCUT2D eigenvalue weighted by molar-refractivity contribution is -0.0409. The number of benzene rings is 2. The number of rotatable bonds is 15. The fourth-order valence-corrected chi connectivity index (χ4v) is 4.42. The van der Waals surface area contributed by atoms with Gasteiger partial charge in [-0.05, 0) is 63.8 Å². The molecule has 3 aromatic rings. The Morgan fingerprint density at radius 1 is 0.857 bits per heavy atom. The van der Waals surface area contributed by atoms with Gasteiger partial charge in [0.05, 0.1) is 23.7 Å². The van der Waals surface area contributed by atoms with E-state index in [1.54, 1.807) is 0 Å². The van der Waals surface area contributed by atoms with E-state index >= 15 is 0 Å². The van der Waals surface area contributed by atoms with Gasteiger partial charge in [0.1, 0.15) is 11.3 Å². The zero-order valence-corrected chi connectivity index (χ0v) is 21.8. The van der Waals surface area contributed by atoms with E-state index in [0.29, 0.717) is 17.9 Å². The minimum absolute atomic E-state index is 0.217. The van der Waals surface area contributed by atoms with Crippen LogP contribution in [0.15, 0.2) is 63.8 Å². The first-order valence-corrected chi connectivity index (χ1v) is 13.2. The lowest BCUT2D eigenvalue weighted by Crippen LogP contribution is -2.25. The molecule has 0 aliphatic rings. The Bertz CT molecular complexity index is 1090. The molecule has 1 aromatic heterocycles. The molecule has 0 radical (unpaired) electrons. The fourth-order valence-electron chi connectivity index (χ4n) is 4.42. The summed E-state index contributed by atoms with van der Waals surface area (Å²) in [5, 5.41) is 0.850. The first-order valence-electron chi connectivity index (χ1n) is 13.2. The zero-order valence-electron chi connectivity index (χ0n) is 21.8. The molecule has 0 spiro atoms. The van der Waals surface area contributed by atoms with Crippen molar-refractivity contribution < 1.29 is 13.9 Å². The summed E-state index contributed by atoms with van der Waals surface area (Å²) < 4.78 is 17.7. The molecule has 3 rings (SSSR count). The second-order valence-electron chi connectivity index (χ2n) is 9.20. The van der Waals surface area contributed by atoms with Crippen molar-refractivity contribution in [3.63, 3.8) is 0 Å². The molecule has 0 N–H and O–H groups in total. The van der Waals surface area contributed by atoms with Crippen molar-refractivity contribution in [2.45, 2.75) is 71.8 Å². The Morgan fingerprint density at radius 2 is 1.54 bits per heavy atom. The Labute approximate surface area is 210 Å². The van der Waals surface area contributed by atoms with E-state index in [4.69, 9.17) is 13.9 Å². The van der Waals surface area contributed by atoms with Gasteiger partial charge in [0, 0.05) is 25.4 Å². The molecule has 1 atom stereocenters. The van der Waals surface area contributed by atoms with E-state index < -0.39 is 0 Å². The van der Waals surface area contributed by atoms with Crippen molar-refractivity contribution in [3.05, 3.63) is 70.6 Å². The van der Waals surface area contributed by atoms with E-state index in [1.165, 1.54) is 11.6 Å². The molecule has 0 saturated heterocycles. The molecule has 1 unspecified atom stereocenters. The SMILES string of the molecule is CCN(CC)c1ccc2oc(=O)cc(OCCCCCCCOC(C)(CC)c3ccccc3)c2c1. The lowest BCUT2D eigenvalue weighted by atomic mass is 9.93. The van der Waals surface area contributed by atoms with Crippen LogP contribution in [0, 0.1) is 0 Å². The molecular formula is C30H41NO4. The van der Waals surface area contributed by atoms with Gasteiger partial charge in [-0.15, -0.1) is 0 Å². The summed E-state index contributed by atoms with van der Waals surface area (Å²) in [5.41, 5.74) is 2.32. The average molecular weight is 480 g/mol. The normalized spacial score (nSPS) is 13.0. The summed E-state index contributed by atoms with van der Waals surface area (Å²) in [6, 6.07) is 17.9. The second-order valence-corrected chi connectivity index (χ2v) is 9.20. The first kappa shape index (κ1) is 26.8. The topological polar surface area (TPSA) is 51.9 Å². The van der Waals surface area contributed by atoms with Crippen LogP contribution in [0.3, 0.4) is 0 Å². The second kappa shape index (κ2) is 13.3. The summed E-state index contributed by atoms with van der Waals surface area (Å²) in [6.07, 6.45) is 6.34. The van der Waals surface area contributed by atoms with Crippen LogP contribution < -0.4 is 15.3 Å². The summed E-state index contributed by atoms with van der Waals surface area (Å²) >= 11 is 0. The number of unbranched alkanes of at least 4 members (excludes halogenated alkanes) is 4. The van der Waals surface area contributed by atoms with Crippen LogP contribution in [0.5, 0.6) is 5.75 Å². The largest absolute Gasteiger partial charge is 0.493 e. The highest BCUT2D eigenvalue weighted by atomic mass is 16.5. The fraction of sp³-hybridized carbons (Fsp3) is 0.500. The molecule has 0 amide bonds. The standard InChI is InChI=1S/C30H41NO4/c1-5-30(4,24-16-12-11-13-17-24)34-21-15-10-8-9-14-20-33-28-23-29(32)35-27-19-18-25(22-26(27)28)31(6-2)7-3/h11-13,16-19,22-23H,5-10,14-15,20-21H2,1-4H3. The van der Waals surface area contributed by atoms with Gasteiger partial charge in [-0.25, -0.2) is 4.79 Å². The molecule has 0 bridgehead atoms. The molecule has 0 fully saturated rings. The molecule has 0 aliphatic carbocycles. The van der Waals surface area contributed by atoms with E-state index in [0.717, 1.165) is 69.3 Å². The molecule has 190 valence electrons. The van der Waals surface area contributed by atoms with Crippen molar-refractivity contribution >= 4 is 16.7 Å². The van der Waals surface area contributed by atoms with Gasteiger partial charge < -0.3 is 18.8 Å². The minimum atomic E-state index is -0.377. The van der Waals surface area contributed by atoms with Gasteiger partial charge in [-0.1, -0.05) is 56.5 Å². The van der Waals surface area contributed by atoms with Crippen LogP contribution in [0.4, 0.5) is 5.69 Å². The summed E-state index contributed by atoms with van der Waals surface area (Å²) in [4.78, 5) is 14.2. The highest BCUT2D eigenvalue weighted by Crippen LogP contribution is 2.30. The summed E-state index contributed by atoms with van der Waals surface area (Å²) in [5.74, 6) is 0.610. The predicted molar refractivity (Wildman–Crippen MR) is 145 cm³/mol. The third-order valence-electron chi connectivity index (χ3n) is 6.84. The zero-order chi connectivity index (χ0) is 25.1. The highest BCUT2D eigenvalue weighted by Gasteiger charge is 2.24. The maximum absolute atomic E-state index is 12.0. The molecule has 1 heterocycles. The van der Waals surface area contributed by atoms with Crippen molar-refractivity contribution in [2.75, 3.05) is 31.2 Å². The third-order valence-corrected chi connectivity index (χ3v) is 6.84. The quantitative estimate of drug-likeness (QED) is 0.169. The van der Waals surface area contributed by atoms with E-state index in [1.807, 2.05) is 18.2 Å². The van der Waals surface area contributed by atoms with Crippen LogP contribution >= 0.6 is 0 Å². The van der Waals surface area contributed by atoms with Gasteiger partial charge in [0.2, 0.25) is 0 Å². The monoisotopic (exact) mass is 479 g/mol. The molecule has 35 heavy (non-hydrogen) atoms. The van der Waals surface area contributed by atoms with E-state index in [9.17, 15) is 4.79 Å². The van der Waals surface area contributed by atoms with Crippen molar-refractivity contribution in [1.29, 1.82) is 0 Å². The van der Waals surface area contributed by atoms with Crippen molar-refractivity contribution in [1.82, 2.24) is 0 Å². The van der Waals surface area contributed by atoms with Crippen LogP contribution in [0.1, 0.15) is 71.8 Å². The van der Waals surface area contributed by atoms with Crippen LogP contribution in [0.25, 0.3) is 11.0 Å². The summed E-state index contributed by atoms with van der Waals surface area (Å²) in [6.45, 7) is 11.8. The van der Waals surface area contributed by atoms with Crippen LogP contribution in [-0.2, 0) is 10.3 Å². The third kappa shape index (κ3) is 7.35. The number of hydrogen-bond acceptors (Lipinski definition) is 5. The Hall–Kier alpha value is -2.79. The Balaban J connectivity index is 1.42. The first-order chi connectivity index (χ1) is 17.0.